The Morgan fingerprint density at radius 2 is 1.86 bits per heavy atom. The van der Waals surface area contributed by atoms with E-state index in [0.29, 0.717) is 23.7 Å². The van der Waals surface area contributed by atoms with E-state index in [9.17, 15) is 4.79 Å². The Morgan fingerprint density at radius 1 is 1.05 bits per heavy atom. The minimum absolute atomic E-state index is 0.266. The van der Waals surface area contributed by atoms with Crippen LogP contribution in [-0.4, -0.2) is 19.0 Å². The Bertz CT molecular complexity index is 468. The van der Waals surface area contributed by atoms with Crippen LogP contribution in [0.2, 0.25) is 0 Å². The molecule has 4 atom stereocenters. The van der Waals surface area contributed by atoms with Crippen LogP contribution in [0.25, 0.3) is 0 Å². The van der Waals surface area contributed by atoms with E-state index in [1.165, 1.54) is 18.4 Å². The van der Waals surface area contributed by atoms with Crippen LogP contribution in [0.15, 0.2) is 30.3 Å². The molecule has 0 saturated heterocycles. The van der Waals surface area contributed by atoms with E-state index >= 15 is 0 Å². The van der Waals surface area contributed by atoms with Crippen LogP contribution in [0.3, 0.4) is 0 Å². The van der Waals surface area contributed by atoms with Gasteiger partial charge in [0.15, 0.2) is 0 Å². The molecular weight excluding hydrogens is 260 g/mol. The van der Waals surface area contributed by atoms with Gasteiger partial charge in [-0.15, -0.1) is 0 Å². The molecule has 0 aliphatic heterocycles. The SMILES string of the molecule is COC1CCCC(C2CC(c3ccccc3)CCC2=O)C1. The van der Waals surface area contributed by atoms with Gasteiger partial charge in [0.05, 0.1) is 6.10 Å². The lowest BCUT2D eigenvalue weighted by molar-refractivity contribution is -0.128. The molecule has 1 aromatic carbocycles. The molecule has 4 unspecified atom stereocenters. The van der Waals surface area contributed by atoms with Gasteiger partial charge in [-0.1, -0.05) is 36.8 Å². The van der Waals surface area contributed by atoms with Crippen LogP contribution in [0.4, 0.5) is 0 Å². The second kappa shape index (κ2) is 6.74. The van der Waals surface area contributed by atoms with Crippen LogP contribution in [-0.2, 0) is 9.53 Å². The third kappa shape index (κ3) is 3.37. The standard InChI is InChI=1S/C19H26O2/c1-21-17-9-5-8-16(12-17)18-13-15(10-11-19(18)20)14-6-3-2-4-7-14/h2-4,6-7,15-18H,5,8-13H2,1H3. The first kappa shape index (κ1) is 14.8. The van der Waals surface area contributed by atoms with Gasteiger partial charge in [0.1, 0.15) is 5.78 Å². The van der Waals surface area contributed by atoms with Crippen molar-refractivity contribution in [3.63, 3.8) is 0 Å². The summed E-state index contributed by atoms with van der Waals surface area (Å²) < 4.78 is 5.55. The molecule has 0 heterocycles. The maximum Gasteiger partial charge on any atom is 0.136 e. The predicted octanol–water partition coefficient (Wildman–Crippen LogP) is 4.34. The van der Waals surface area contributed by atoms with Crippen molar-refractivity contribution in [3.05, 3.63) is 35.9 Å². The number of Topliss-reactive ketones (excluding diaryl/α,β-unsaturated/α-hetero) is 1. The number of hydrogen-bond donors (Lipinski definition) is 0. The predicted molar refractivity (Wildman–Crippen MR) is 84.3 cm³/mol. The molecule has 2 aliphatic carbocycles. The molecule has 2 nitrogen and oxygen atoms in total. The zero-order valence-corrected chi connectivity index (χ0v) is 13.0. The average molecular weight is 286 g/mol. The van der Waals surface area contributed by atoms with Gasteiger partial charge >= 0.3 is 0 Å². The van der Waals surface area contributed by atoms with Gasteiger partial charge in [0.25, 0.3) is 0 Å². The smallest absolute Gasteiger partial charge is 0.136 e. The number of carbonyl (C=O) groups is 1. The second-order valence-corrected chi connectivity index (χ2v) is 6.74. The summed E-state index contributed by atoms with van der Waals surface area (Å²) in [5.74, 6) is 1.88. The number of benzene rings is 1. The van der Waals surface area contributed by atoms with Crippen LogP contribution in [0.5, 0.6) is 0 Å². The van der Waals surface area contributed by atoms with E-state index in [0.717, 1.165) is 32.1 Å². The molecule has 21 heavy (non-hydrogen) atoms. The van der Waals surface area contributed by atoms with Gasteiger partial charge < -0.3 is 4.74 Å². The summed E-state index contributed by atoms with van der Waals surface area (Å²) in [5.41, 5.74) is 1.41. The van der Waals surface area contributed by atoms with Crippen molar-refractivity contribution in [2.24, 2.45) is 11.8 Å². The number of ketones is 1. The van der Waals surface area contributed by atoms with Gasteiger partial charge in [-0.2, -0.15) is 0 Å². The maximum atomic E-state index is 12.4. The summed E-state index contributed by atoms with van der Waals surface area (Å²) in [6.45, 7) is 0. The molecule has 0 spiro atoms. The van der Waals surface area contributed by atoms with E-state index < -0.39 is 0 Å². The van der Waals surface area contributed by atoms with Crippen molar-refractivity contribution in [3.8, 4) is 0 Å². The Kier molecular flexibility index (Phi) is 4.74. The highest BCUT2D eigenvalue weighted by molar-refractivity contribution is 5.82. The van der Waals surface area contributed by atoms with Crippen molar-refractivity contribution in [1.29, 1.82) is 0 Å². The van der Waals surface area contributed by atoms with Gasteiger partial charge in [0.2, 0.25) is 0 Å². The summed E-state index contributed by atoms with van der Waals surface area (Å²) >= 11 is 0. The summed E-state index contributed by atoms with van der Waals surface area (Å²) in [5, 5.41) is 0. The normalized spacial score (nSPS) is 33.9. The quantitative estimate of drug-likeness (QED) is 0.826. The number of hydrogen-bond acceptors (Lipinski definition) is 2. The lowest BCUT2D eigenvalue weighted by Gasteiger charge is -2.37. The van der Waals surface area contributed by atoms with E-state index in [-0.39, 0.29) is 5.92 Å². The van der Waals surface area contributed by atoms with Crippen LogP contribution >= 0.6 is 0 Å². The van der Waals surface area contributed by atoms with Gasteiger partial charge in [-0.3, -0.25) is 4.79 Å². The largest absolute Gasteiger partial charge is 0.381 e. The van der Waals surface area contributed by atoms with Crippen LogP contribution in [0.1, 0.15) is 56.4 Å². The Balaban J connectivity index is 1.70. The monoisotopic (exact) mass is 286 g/mol. The molecule has 114 valence electrons. The first-order chi connectivity index (χ1) is 10.3. The molecule has 0 radical (unpaired) electrons. The van der Waals surface area contributed by atoms with E-state index in [2.05, 4.69) is 30.3 Å². The molecule has 0 amide bonds. The first-order valence-electron chi connectivity index (χ1n) is 8.38. The average Bonchev–Trinajstić information content (AvgIpc) is 2.56. The summed E-state index contributed by atoms with van der Waals surface area (Å²) in [6.07, 6.45) is 7.86. The van der Waals surface area contributed by atoms with Gasteiger partial charge in [0, 0.05) is 19.4 Å². The highest BCUT2D eigenvalue weighted by atomic mass is 16.5. The fourth-order valence-corrected chi connectivity index (χ4v) is 4.30. The number of methoxy groups -OCH3 is 1. The lowest BCUT2D eigenvalue weighted by atomic mass is 9.68. The van der Waals surface area contributed by atoms with Crippen LogP contribution in [0, 0.1) is 11.8 Å². The molecule has 0 N–H and O–H groups in total. The summed E-state index contributed by atoms with van der Waals surface area (Å²) in [6, 6.07) is 10.7. The molecular formula is C19H26O2. The van der Waals surface area contributed by atoms with Gasteiger partial charge in [-0.25, -0.2) is 0 Å². The van der Waals surface area contributed by atoms with Gasteiger partial charge in [-0.05, 0) is 49.5 Å². The fourth-order valence-electron chi connectivity index (χ4n) is 4.30. The third-order valence-corrected chi connectivity index (χ3v) is 5.53. The minimum atomic E-state index is 0.266. The molecule has 0 aromatic heterocycles. The van der Waals surface area contributed by atoms with Crippen molar-refractivity contribution in [2.45, 2.75) is 57.0 Å². The Labute approximate surface area is 127 Å². The summed E-state index contributed by atoms with van der Waals surface area (Å²) in [4.78, 5) is 12.4. The maximum absolute atomic E-state index is 12.4. The third-order valence-electron chi connectivity index (χ3n) is 5.53. The van der Waals surface area contributed by atoms with Crippen LogP contribution < -0.4 is 0 Å². The van der Waals surface area contributed by atoms with Crippen molar-refractivity contribution >= 4 is 5.78 Å². The first-order valence-corrected chi connectivity index (χ1v) is 8.38. The van der Waals surface area contributed by atoms with E-state index in [1.54, 1.807) is 0 Å². The zero-order valence-electron chi connectivity index (χ0n) is 13.0. The molecule has 0 bridgehead atoms. The lowest BCUT2D eigenvalue weighted by Crippen LogP contribution is -2.34. The van der Waals surface area contributed by atoms with Crippen molar-refractivity contribution in [1.82, 2.24) is 0 Å². The van der Waals surface area contributed by atoms with E-state index in [4.69, 9.17) is 4.74 Å². The van der Waals surface area contributed by atoms with E-state index in [1.807, 2.05) is 7.11 Å². The van der Waals surface area contributed by atoms with Crippen molar-refractivity contribution in [2.75, 3.05) is 7.11 Å². The number of ether oxygens (including phenoxy) is 1. The molecule has 1 aromatic rings. The fraction of sp³-hybridized carbons (Fsp3) is 0.632. The Hall–Kier alpha value is -1.15. The number of carbonyl (C=O) groups excluding carboxylic acids is 1. The molecule has 3 rings (SSSR count). The zero-order chi connectivity index (χ0) is 14.7. The summed E-state index contributed by atoms with van der Waals surface area (Å²) in [7, 11) is 1.81. The minimum Gasteiger partial charge on any atom is -0.381 e. The highest BCUT2D eigenvalue weighted by Gasteiger charge is 2.37. The molecule has 2 fully saturated rings. The molecule has 2 saturated carbocycles. The number of rotatable bonds is 3. The highest BCUT2D eigenvalue weighted by Crippen LogP contribution is 2.42. The topological polar surface area (TPSA) is 26.3 Å². The molecule has 2 aliphatic rings. The van der Waals surface area contributed by atoms with Crippen molar-refractivity contribution < 1.29 is 9.53 Å². The second-order valence-electron chi connectivity index (χ2n) is 6.74. The molecule has 2 heteroatoms. The Morgan fingerprint density at radius 3 is 2.62 bits per heavy atom.